The number of rotatable bonds is 5. The number of halogens is 1. The molecule has 0 amide bonds. The molecule has 0 spiro atoms. The SMILES string of the molecule is C/C(N)=C(\c1cnc2c3ccc(Cl)nc3n(C(c3ccccc3)C3CCOCC3)c2c1)N(C)N. The van der Waals surface area contributed by atoms with E-state index < -0.39 is 0 Å². The second-order valence-electron chi connectivity index (χ2n) is 8.91. The van der Waals surface area contributed by atoms with Crippen molar-refractivity contribution in [3.05, 3.63) is 76.7 Å². The molecule has 8 heteroatoms. The summed E-state index contributed by atoms with van der Waals surface area (Å²) in [6, 6.07) is 16.6. The first-order valence-electron chi connectivity index (χ1n) is 11.5. The highest BCUT2D eigenvalue weighted by atomic mass is 35.5. The topological polar surface area (TPSA) is 95.2 Å². The summed E-state index contributed by atoms with van der Waals surface area (Å²) in [6.07, 6.45) is 3.75. The minimum Gasteiger partial charge on any atom is -0.401 e. The van der Waals surface area contributed by atoms with Crippen LogP contribution in [0.15, 0.2) is 60.4 Å². The van der Waals surface area contributed by atoms with Gasteiger partial charge in [-0.3, -0.25) is 4.98 Å². The molecule has 4 heterocycles. The third kappa shape index (κ3) is 4.00. The van der Waals surface area contributed by atoms with Crippen LogP contribution in [-0.4, -0.2) is 39.8 Å². The van der Waals surface area contributed by atoms with Gasteiger partial charge in [0.1, 0.15) is 10.8 Å². The molecule has 1 saturated heterocycles. The van der Waals surface area contributed by atoms with E-state index >= 15 is 0 Å². The van der Waals surface area contributed by atoms with E-state index in [1.165, 1.54) is 10.6 Å². The van der Waals surface area contributed by atoms with Crippen LogP contribution in [-0.2, 0) is 4.74 Å². The quantitative estimate of drug-likeness (QED) is 0.246. The highest BCUT2D eigenvalue weighted by Crippen LogP contribution is 2.40. The lowest BCUT2D eigenvalue weighted by Crippen LogP contribution is -2.27. The van der Waals surface area contributed by atoms with Gasteiger partial charge in [0, 0.05) is 43.1 Å². The van der Waals surface area contributed by atoms with E-state index in [2.05, 4.69) is 34.9 Å². The van der Waals surface area contributed by atoms with Gasteiger partial charge in [-0.25, -0.2) is 10.8 Å². The molecular weight excluding hydrogens is 448 g/mol. The third-order valence-electron chi connectivity index (χ3n) is 6.58. The molecule has 34 heavy (non-hydrogen) atoms. The van der Waals surface area contributed by atoms with Gasteiger partial charge >= 0.3 is 0 Å². The van der Waals surface area contributed by atoms with Crippen molar-refractivity contribution in [1.82, 2.24) is 19.5 Å². The summed E-state index contributed by atoms with van der Waals surface area (Å²) < 4.78 is 8.01. The van der Waals surface area contributed by atoms with E-state index in [9.17, 15) is 0 Å². The summed E-state index contributed by atoms with van der Waals surface area (Å²) in [5, 5.41) is 2.96. The summed E-state index contributed by atoms with van der Waals surface area (Å²) in [4.78, 5) is 9.65. The fourth-order valence-electron chi connectivity index (χ4n) is 5.19. The van der Waals surface area contributed by atoms with E-state index in [1.54, 1.807) is 7.05 Å². The molecule has 1 fully saturated rings. The normalized spacial score (nSPS) is 16.6. The lowest BCUT2D eigenvalue weighted by molar-refractivity contribution is 0.0552. The average Bonchev–Trinajstić information content (AvgIpc) is 3.13. The van der Waals surface area contributed by atoms with Gasteiger partial charge in [-0.05, 0) is 49.4 Å². The van der Waals surface area contributed by atoms with Gasteiger partial charge in [-0.2, -0.15) is 0 Å². The van der Waals surface area contributed by atoms with Gasteiger partial charge < -0.3 is 20.0 Å². The minimum atomic E-state index is 0.0510. The molecule has 1 aliphatic rings. The maximum absolute atomic E-state index is 6.41. The van der Waals surface area contributed by atoms with E-state index in [-0.39, 0.29) is 6.04 Å². The van der Waals surface area contributed by atoms with Crippen molar-refractivity contribution in [3.63, 3.8) is 0 Å². The van der Waals surface area contributed by atoms with E-state index in [0.717, 1.165) is 59.4 Å². The molecule has 0 aliphatic carbocycles. The van der Waals surface area contributed by atoms with Crippen molar-refractivity contribution in [3.8, 4) is 0 Å². The summed E-state index contributed by atoms with van der Waals surface area (Å²) in [6.45, 7) is 3.34. The molecular formula is C26H29ClN6O. The number of benzene rings is 1. The zero-order valence-electron chi connectivity index (χ0n) is 19.4. The van der Waals surface area contributed by atoms with Gasteiger partial charge in [0.05, 0.1) is 22.8 Å². The average molecular weight is 477 g/mol. The largest absolute Gasteiger partial charge is 0.401 e. The Morgan fingerprint density at radius 1 is 1.18 bits per heavy atom. The first-order valence-corrected chi connectivity index (χ1v) is 11.9. The summed E-state index contributed by atoms with van der Waals surface area (Å²) in [7, 11) is 1.78. The summed E-state index contributed by atoms with van der Waals surface area (Å²) >= 11 is 6.41. The lowest BCUT2D eigenvalue weighted by Gasteiger charge is -2.32. The Morgan fingerprint density at radius 3 is 2.59 bits per heavy atom. The fourth-order valence-corrected chi connectivity index (χ4v) is 5.33. The molecule has 1 atom stereocenters. The molecule has 5 rings (SSSR count). The summed E-state index contributed by atoms with van der Waals surface area (Å²) in [5.74, 6) is 6.51. The van der Waals surface area contributed by atoms with Crippen molar-refractivity contribution >= 4 is 39.4 Å². The van der Waals surface area contributed by atoms with Crippen LogP contribution in [0.1, 0.15) is 36.9 Å². The number of allylic oxidation sites excluding steroid dienone is 1. The Bertz CT molecular complexity index is 1350. The van der Waals surface area contributed by atoms with E-state index in [4.69, 9.17) is 37.9 Å². The molecule has 4 aromatic rings. The Morgan fingerprint density at radius 2 is 1.91 bits per heavy atom. The number of fused-ring (bicyclic) bond motifs is 3. The number of hydrazine groups is 1. The van der Waals surface area contributed by atoms with Crippen molar-refractivity contribution in [1.29, 1.82) is 0 Å². The molecule has 4 N–H and O–H groups in total. The highest BCUT2D eigenvalue weighted by molar-refractivity contribution is 6.30. The number of hydrogen-bond acceptors (Lipinski definition) is 6. The Balaban J connectivity index is 1.84. The van der Waals surface area contributed by atoms with Gasteiger partial charge in [0.15, 0.2) is 0 Å². The highest BCUT2D eigenvalue weighted by Gasteiger charge is 2.30. The molecule has 1 unspecified atom stereocenters. The summed E-state index contributed by atoms with van der Waals surface area (Å²) in [5.41, 5.74) is 12.3. The van der Waals surface area contributed by atoms with Gasteiger partial charge in [0.25, 0.3) is 0 Å². The van der Waals surface area contributed by atoms with Crippen LogP contribution in [0.25, 0.3) is 27.8 Å². The van der Waals surface area contributed by atoms with Crippen molar-refractivity contribution < 1.29 is 4.74 Å². The van der Waals surface area contributed by atoms with E-state index in [1.807, 2.05) is 31.3 Å². The predicted molar refractivity (Wildman–Crippen MR) is 137 cm³/mol. The molecule has 0 bridgehead atoms. The minimum absolute atomic E-state index is 0.0510. The van der Waals surface area contributed by atoms with Crippen LogP contribution < -0.4 is 11.6 Å². The third-order valence-corrected chi connectivity index (χ3v) is 6.79. The van der Waals surface area contributed by atoms with Crippen LogP contribution in [0.3, 0.4) is 0 Å². The van der Waals surface area contributed by atoms with Crippen LogP contribution >= 0.6 is 11.6 Å². The number of pyridine rings is 2. The van der Waals surface area contributed by atoms with Gasteiger partial charge in [-0.15, -0.1) is 0 Å². The zero-order valence-corrected chi connectivity index (χ0v) is 20.2. The van der Waals surface area contributed by atoms with Crippen LogP contribution in [0, 0.1) is 5.92 Å². The van der Waals surface area contributed by atoms with Crippen LogP contribution in [0.5, 0.6) is 0 Å². The lowest BCUT2D eigenvalue weighted by atomic mass is 9.86. The van der Waals surface area contributed by atoms with Crippen LogP contribution in [0.4, 0.5) is 0 Å². The molecule has 1 aromatic carbocycles. The zero-order chi connectivity index (χ0) is 23.8. The molecule has 7 nitrogen and oxygen atoms in total. The molecule has 3 aromatic heterocycles. The van der Waals surface area contributed by atoms with E-state index in [0.29, 0.717) is 16.8 Å². The number of hydrogen-bond donors (Lipinski definition) is 2. The molecule has 1 aliphatic heterocycles. The first kappa shape index (κ1) is 22.7. The Kier molecular flexibility index (Phi) is 6.16. The van der Waals surface area contributed by atoms with Gasteiger partial charge in [0.2, 0.25) is 0 Å². The predicted octanol–water partition coefficient (Wildman–Crippen LogP) is 4.71. The second-order valence-corrected chi connectivity index (χ2v) is 9.30. The molecule has 0 radical (unpaired) electrons. The Labute approximate surface area is 203 Å². The number of nitrogens with two attached hydrogens (primary N) is 2. The van der Waals surface area contributed by atoms with Crippen LogP contribution in [0.2, 0.25) is 5.15 Å². The standard InChI is InChI=1S/C26H29ClN6O/c1-16(28)24(32(2)29)19-14-21-23(30-15-19)20-8-9-22(27)31-26(20)33(21)25(17-6-4-3-5-7-17)18-10-12-34-13-11-18/h3-9,14-15,18,25H,10-13,28-29H2,1-2H3/b24-16-. The van der Waals surface area contributed by atoms with Crippen molar-refractivity contribution in [2.24, 2.45) is 17.5 Å². The van der Waals surface area contributed by atoms with Crippen molar-refractivity contribution in [2.75, 3.05) is 20.3 Å². The maximum atomic E-state index is 6.41. The first-order chi connectivity index (χ1) is 16.5. The number of nitrogens with zero attached hydrogens (tertiary/aromatic N) is 4. The Hall–Kier alpha value is -3.13. The van der Waals surface area contributed by atoms with Gasteiger partial charge in [-0.1, -0.05) is 41.9 Å². The maximum Gasteiger partial charge on any atom is 0.144 e. The van der Waals surface area contributed by atoms with Crippen molar-refractivity contribution in [2.45, 2.75) is 25.8 Å². The molecule has 0 saturated carbocycles. The molecule has 176 valence electrons. The number of aromatic nitrogens is 3. The monoisotopic (exact) mass is 476 g/mol. The smallest absolute Gasteiger partial charge is 0.144 e. The fraction of sp³-hybridized carbons (Fsp3) is 0.308. The number of ether oxygens (including phenoxy) is 1. The second kappa shape index (κ2) is 9.25.